The maximum Gasteiger partial charge on any atom is 0.332 e. The molecule has 3 rings (SSSR count). The second kappa shape index (κ2) is 9.77. The van der Waals surface area contributed by atoms with E-state index in [-0.39, 0.29) is 12.5 Å². The Morgan fingerprint density at radius 3 is 2.65 bits per heavy atom. The molecule has 2 aromatic carbocycles. The van der Waals surface area contributed by atoms with E-state index in [9.17, 15) is 14.7 Å². The number of primary amides is 1. The molecular formula is C22H25N5O4. The van der Waals surface area contributed by atoms with Crippen molar-refractivity contribution < 1.29 is 19.4 Å². The van der Waals surface area contributed by atoms with Gasteiger partial charge in [-0.2, -0.15) is 5.10 Å². The van der Waals surface area contributed by atoms with Crippen LogP contribution in [0.2, 0.25) is 0 Å². The van der Waals surface area contributed by atoms with Crippen molar-refractivity contribution in [3.05, 3.63) is 60.3 Å². The second-order valence-corrected chi connectivity index (χ2v) is 7.02. The van der Waals surface area contributed by atoms with Gasteiger partial charge in [0.1, 0.15) is 18.5 Å². The van der Waals surface area contributed by atoms with Gasteiger partial charge in [0.25, 0.3) is 0 Å². The average molecular weight is 423 g/mol. The third-order valence-corrected chi connectivity index (χ3v) is 4.74. The molecular weight excluding hydrogens is 398 g/mol. The number of nitrogens with zero attached hydrogens (tertiary/aromatic N) is 3. The maximum absolute atomic E-state index is 11.4. The van der Waals surface area contributed by atoms with Crippen molar-refractivity contribution >= 4 is 34.7 Å². The average Bonchev–Trinajstić information content (AvgIpc) is 3.09. The van der Waals surface area contributed by atoms with Gasteiger partial charge in [-0.1, -0.05) is 18.2 Å². The monoisotopic (exact) mass is 423 g/mol. The van der Waals surface area contributed by atoms with Gasteiger partial charge >= 0.3 is 6.03 Å². The third kappa shape index (κ3) is 5.61. The molecule has 1 atom stereocenters. The standard InChI is InChI=1S/C22H25N5O4/c1-15(28)26(2)17-7-9-19(10-8-17)31-14-18(29)13-27-12-16(11-24-25-22(23)30)20-5-3-4-6-21(20)27/h3-12,18,29H,13-14H2,1-2H3,(H3,23,25,30)/b24-11-/t18-/m0/s1. The SMILES string of the molecule is CC(=O)N(C)c1ccc(OC[C@@H](O)Cn2cc(/C=N\NC(N)=O)c3ccccc32)cc1. The highest BCUT2D eigenvalue weighted by Crippen LogP contribution is 2.21. The van der Waals surface area contributed by atoms with Crippen molar-refractivity contribution in [2.45, 2.75) is 19.6 Å². The van der Waals surface area contributed by atoms with Crippen LogP contribution < -0.4 is 20.8 Å². The summed E-state index contributed by atoms with van der Waals surface area (Å²) in [6.45, 7) is 1.90. The highest BCUT2D eigenvalue weighted by atomic mass is 16.5. The van der Waals surface area contributed by atoms with Crippen LogP contribution in [0.5, 0.6) is 5.75 Å². The molecule has 1 aromatic heterocycles. The first-order valence-corrected chi connectivity index (χ1v) is 9.66. The lowest BCUT2D eigenvalue weighted by molar-refractivity contribution is -0.116. The van der Waals surface area contributed by atoms with E-state index >= 15 is 0 Å². The van der Waals surface area contributed by atoms with Gasteiger partial charge in [-0.25, -0.2) is 10.2 Å². The summed E-state index contributed by atoms with van der Waals surface area (Å²) >= 11 is 0. The number of ether oxygens (including phenoxy) is 1. The van der Waals surface area contributed by atoms with Crippen molar-refractivity contribution in [2.75, 3.05) is 18.6 Å². The molecule has 0 saturated carbocycles. The first kappa shape index (κ1) is 21.8. The number of hydrogen-bond acceptors (Lipinski definition) is 5. The second-order valence-electron chi connectivity index (χ2n) is 7.02. The molecule has 31 heavy (non-hydrogen) atoms. The van der Waals surface area contributed by atoms with Crippen LogP contribution in [0.25, 0.3) is 10.9 Å². The van der Waals surface area contributed by atoms with Gasteiger partial charge in [0.2, 0.25) is 5.91 Å². The Morgan fingerprint density at radius 2 is 1.97 bits per heavy atom. The number of carbonyl (C=O) groups excluding carboxylic acids is 2. The molecule has 3 aromatic rings. The summed E-state index contributed by atoms with van der Waals surface area (Å²) in [5, 5.41) is 15.2. The Hall–Kier alpha value is -3.85. The van der Waals surface area contributed by atoms with Crippen LogP contribution in [0, 0.1) is 0 Å². The summed E-state index contributed by atoms with van der Waals surface area (Å²) in [5.74, 6) is 0.542. The lowest BCUT2D eigenvalue weighted by atomic mass is 10.2. The van der Waals surface area contributed by atoms with E-state index in [4.69, 9.17) is 10.5 Å². The molecule has 4 N–H and O–H groups in total. The molecule has 0 saturated heterocycles. The number of fused-ring (bicyclic) bond motifs is 1. The van der Waals surface area contributed by atoms with E-state index in [2.05, 4.69) is 10.5 Å². The molecule has 162 valence electrons. The Balaban J connectivity index is 1.65. The van der Waals surface area contributed by atoms with Crippen LogP contribution in [0.15, 0.2) is 59.8 Å². The number of benzene rings is 2. The van der Waals surface area contributed by atoms with Gasteiger partial charge in [-0.15, -0.1) is 0 Å². The van der Waals surface area contributed by atoms with E-state index in [0.717, 1.165) is 22.2 Å². The highest BCUT2D eigenvalue weighted by Gasteiger charge is 2.12. The lowest BCUT2D eigenvalue weighted by Gasteiger charge is -2.16. The molecule has 0 aliphatic heterocycles. The maximum atomic E-state index is 11.4. The number of aliphatic hydroxyl groups excluding tert-OH is 1. The molecule has 0 aliphatic rings. The minimum Gasteiger partial charge on any atom is -0.491 e. The van der Waals surface area contributed by atoms with Gasteiger partial charge in [-0.05, 0) is 30.3 Å². The first-order chi connectivity index (χ1) is 14.8. The van der Waals surface area contributed by atoms with Crippen LogP contribution in [0.3, 0.4) is 0 Å². The van der Waals surface area contributed by atoms with E-state index in [1.54, 1.807) is 31.3 Å². The number of aromatic nitrogens is 1. The quantitative estimate of drug-likeness (QED) is 0.379. The largest absolute Gasteiger partial charge is 0.491 e. The highest BCUT2D eigenvalue weighted by molar-refractivity contribution is 5.99. The minimum atomic E-state index is -0.760. The summed E-state index contributed by atoms with van der Waals surface area (Å²) in [7, 11) is 1.70. The van der Waals surface area contributed by atoms with Crippen LogP contribution in [-0.2, 0) is 11.3 Å². The number of nitrogens with one attached hydrogen (secondary N) is 1. The lowest BCUT2D eigenvalue weighted by Crippen LogP contribution is -2.24. The molecule has 0 spiro atoms. The first-order valence-electron chi connectivity index (χ1n) is 9.66. The molecule has 9 heteroatoms. The number of amides is 3. The van der Waals surface area contributed by atoms with Crippen molar-refractivity contribution in [3.63, 3.8) is 0 Å². The smallest absolute Gasteiger partial charge is 0.332 e. The van der Waals surface area contributed by atoms with Gasteiger partial charge in [0.15, 0.2) is 0 Å². The molecule has 1 heterocycles. The Kier molecular flexibility index (Phi) is 6.88. The number of anilines is 1. The van der Waals surface area contributed by atoms with Gasteiger partial charge < -0.3 is 25.0 Å². The number of rotatable bonds is 8. The zero-order chi connectivity index (χ0) is 22.4. The fourth-order valence-corrected chi connectivity index (χ4v) is 3.11. The summed E-state index contributed by atoms with van der Waals surface area (Å²) in [6, 6.07) is 14.0. The number of hydrogen-bond donors (Lipinski definition) is 3. The number of nitrogens with two attached hydrogens (primary N) is 1. The zero-order valence-electron chi connectivity index (χ0n) is 17.4. The zero-order valence-corrected chi connectivity index (χ0v) is 17.4. The van der Waals surface area contributed by atoms with Crippen molar-refractivity contribution in [2.24, 2.45) is 10.8 Å². The van der Waals surface area contributed by atoms with E-state index in [1.807, 2.05) is 35.0 Å². The van der Waals surface area contributed by atoms with Crippen molar-refractivity contribution in [1.29, 1.82) is 0 Å². The van der Waals surface area contributed by atoms with Gasteiger partial charge in [0, 0.05) is 42.3 Å². The molecule has 0 unspecified atom stereocenters. The fraction of sp³-hybridized carbons (Fsp3) is 0.227. The molecule has 0 fully saturated rings. The van der Waals surface area contributed by atoms with Crippen LogP contribution in [0.4, 0.5) is 10.5 Å². The van der Waals surface area contributed by atoms with Crippen LogP contribution in [-0.4, -0.2) is 47.6 Å². The van der Waals surface area contributed by atoms with Gasteiger partial charge in [-0.3, -0.25) is 4.79 Å². The molecule has 9 nitrogen and oxygen atoms in total. The summed E-state index contributed by atoms with van der Waals surface area (Å²) in [5.41, 5.74) is 9.66. The predicted molar refractivity (Wildman–Crippen MR) is 119 cm³/mol. The topological polar surface area (TPSA) is 122 Å². The number of carbonyl (C=O) groups is 2. The number of hydrazone groups is 1. The summed E-state index contributed by atoms with van der Waals surface area (Å²) in [4.78, 5) is 23.8. The van der Waals surface area contributed by atoms with Crippen molar-refractivity contribution in [3.8, 4) is 5.75 Å². The molecule has 0 radical (unpaired) electrons. The Morgan fingerprint density at radius 1 is 1.26 bits per heavy atom. The molecule has 3 amide bonds. The minimum absolute atomic E-state index is 0.0575. The summed E-state index contributed by atoms with van der Waals surface area (Å²) < 4.78 is 7.59. The van der Waals surface area contributed by atoms with E-state index in [1.165, 1.54) is 18.0 Å². The van der Waals surface area contributed by atoms with E-state index in [0.29, 0.717) is 12.3 Å². The summed E-state index contributed by atoms with van der Waals surface area (Å²) in [6.07, 6.45) is 2.59. The normalized spacial score (nSPS) is 12.1. The Labute approximate surface area is 179 Å². The molecule has 0 aliphatic carbocycles. The van der Waals surface area contributed by atoms with Crippen LogP contribution in [0.1, 0.15) is 12.5 Å². The number of urea groups is 1. The fourth-order valence-electron chi connectivity index (χ4n) is 3.11. The third-order valence-electron chi connectivity index (χ3n) is 4.74. The van der Waals surface area contributed by atoms with Gasteiger partial charge in [0.05, 0.1) is 12.8 Å². The van der Waals surface area contributed by atoms with Crippen LogP contribution >= 0.6 is 0 Å². The number of aliphatic hydroxyl groups is 1. The molecule has 0 bridgehead atoms. The van der Waals surface area contributed by atoms with E-state index < -0.39 is 12.1 Å². The predicted octanol–water partition coefficient (Wildman–Crippen LogP) is 2.07. The number of para-hydroxylation sites is 1. The Bertz CT molecular complexity index is 1090. The van der Waals surface area contributed by atoms with Crippen molar-refractivity contribution in [1.82, 2.24) is 9.99 Å².